The molecule has 1 spiro atoms. The monoisotopic (exact) mass is 141 g/mol. The molecule has 0 aromatic carbocycles. The van der Waals surface area contributed by atoms with Gasteiger partial charge in [0.1, 0.15) is 0 Å². The van der Waals surface area contributed by atoms with Crippen molar-refractivity contribution < 1.29 is 5.11 Å². The average Bonchev–Trinajstić information content (AvgIpc) is 1.77. The molecule has 0 bridgehead atoms. The van der Waals surface area contributed by atoms with Crippen molar-refractivity contribution in [3.63, 3.8) is 0 Å². The molecular weight excluding hydrogens is 126 g/mol. The van der Waals surface area contributed by atoms with Crippen molar-refractivity contribution in [2.45, 2.75) is 37.6 Å². The standard InChI is InChI=1S/C8H15NO/c9-8(6-10)4-7(5-8)2-1-3-7/h10H,1-6,9H2. The van der Waals surface area contributed by atoms with Crippen LogP contribution < -0.4 is 5.73 Å². The first kappa shape index (κ1) is 6.62. The molecule has 0 saturated heterocycles. The summed E-state index contributed by atoms with van der Waals surface area (Å²) in [7, 11) is 0. The maximum Gasteiger partial charge on any atom is 0.0611 e. The zero-order valence-electron chi connectivity index (χ0n) is 6.27. The van der Waals surface area contributed by atoms with E-state index in [1.54, 1.807) is 0 Å². The highest BCUT2D eigenvalue weighted by Crippen LogP contribution is 2.59. The van der Waals surface area contributed by atoms with E-state index < -0.39 is 0 Å². The lowest BCUT2D eigenvalue weighted by Gasteiger charge is -2.59. The van der Waals surface area contributed by atoms with Gasteiger partial charge in [-0.05, 0) is 31.1 Å². The van der Waals surface area contributed by atoms with Gasteiger partial charge in [0.2, 0.25) is 0 Å². The van der Waals surface area contributed by atoms with Gasteiger partial charge in [0.05, 0.1) is 6.61 Å². The molecule has 0 aromatic heterocycles. The third-order valence-corrected chi connectivity index (χ3v) is 3.18. The van der Waals surface area contributed by atoms with Crippen molar-refractivity contribution in [3.05, 3.63) is 0 Å². The normalized spacial score (nSPS) is 33.0. The van der Waals surface area contributed by atoms with Crippen LogP contribution in [0.3, 0.4) is 0 Å². The maximum absolute atomic E-state index is 8.87. The molecule has 0 amide bonds. The Morgan fingerprint density at radius 3 is 2.20 bits per heavy atom. The first-order valence-corrected chi connectivity index (χ1v) is 4.08. The molecule has 2 saturated carbocycles. The van der Waals surface area contributed by atoms with Gasteiger partial charge >= 0.3 is 0 Å². The summed E-state index contributed by atoms with van der Waals surface area (Å²) in [6.45, 7) is 0.175. The number of rotatable bonds is 1. The summed E-state index contributed by atoms with van der Waals surface area (Å²) in [6.07, 6.45) is 6.21. The van der Waals surface area contributed by atoms with Crippen molar-refractivity contribution in [1.29, 1.82) is 0 Å². The number of hydrogen-bond acceptors (Lipinski definition) is 2. The van der Waals surface area contributed by atoms with Crippen LogP contribution in [0.1, 0.15) is 32.1 Å². The smallest absolute Gasteiger partial charge is 0.0611 e. The zero-order valence-corrected chi connectivity index (χ0v) is 6.27. The van der Waals surface area contributed by atoms with Crippen molar-refractivity contribution in [2.24, 2.45) is 11.1 Å². The second kappa shape index (κ2) is 1.74. The van der Waals surface area contributed by atoms with Crippen LogP contribution in [0.4, 0.5) is 0 Å². The molecule has 2 fully saturated rings. The van der Waals surface area contributed by atoms with Crippen LogP contribution in [0, 0.1) is 5.41 Å². The minimum atomic E-state index is -0.194. The van der Waals surface area contributed by atoms with E-state index in [1.807, 2.05) is 0 Å². The van der Waals surface area contributed by atoms with Crippen LogP contribution in [-0.2, 0) is 0 Å². The third kappa shape index (κ3) is 0.722. The number of hydrogen-bond donors (Lipinski definition) is 2. The Balaban J connectivity index is 1.92. The first-order chi connectivity index (χ1) is 4.68. The molecule has 2 aliphatic carbocycles. The van der Waals surface area contributed by atoms with Gasteiger partial charge in [0.15, 0.2) is 0 Å². The molecule has 0 atom stereocenters. The molecular formula is C8H15NO. The summed E-state index contributed by atoms with van der Waals surface area (Å²) in [5.41, 5.74) is 6.24. The van der Waals surface area contributed by atoms with Crippen LogP contribution >= 0.6 is 0 Å². The van der Waals surface area contributed by atoms with Crippen LogP contribution in [0.2, 0.25) is 0 Å². The molecule has 10 heavy (non-hydrogen) atoms. The molecule has 0 radical (unpaired) electrons. The highest BCUT2D eigenvalue weighted by molar-refractivity contribution is 5.10. The fraction of sp³-hybridized carbons (Fsp3) is 1.00. The minimum Gasteiger partial charge on any atom is -0.394 e. The Bertz CT molecular complexity index is 136. The summed E-state index contributed by atoms with van der Waals surface area (Å²) in [6, 6.07) is 0. The minimum absolute atomic E-state index is 0.175. The molecule has 2 aliphatic rings. The van der Waals surface area contributed by atoms with E-state index in [1.165, 1.54) is 19.3 Å². The lowest BCUT2D eigenvalue weighted by molar-refractivity contribution is -0.0652. The van der Waals surface area contributed by atoms with Crippen molar-refractivity contribution in [2.75, 3.05) is 6.61 Å². The fourth-order valence-electron chi connectivity index (χ4n) is 2.58. The number of aliphatic hydroxyl groups is 1. The Labute approximate surface area is 61.4 Å². The van der Waals surface area contributed by atoms with Crippen LogP contribution in [0.25, 0.3) is 0 Å². The van der Waals surface area contributed by atoms with Gasteiger partial charge in [0.25, 0.3) is 0 Å². The Hall–Kier alpha value is -0.0800. The van der Waals surface area contributed by atoms with Gasteiger partial charge in [-0.1, -0.05) is 6.42 Å². The third-order valence-electron chi connectivity index (χ3n) is 3.18. The average molecular weight is 141 g/mol. The van der Waals surface area contributed by atoms with Crippen molar-refractivity contribution >= 4 is 0 Å². The number of nitrogens with two attached hydrogens (primary N) is 1. The molecule has 0 unspecified atom stereocenters. The summed E-state index contributed by atoms with van der Waals surface area (Å²) >= 11 is 0. The van der Waals surface area contributed by atoms with Gasteiger partial charge in [-0.3, -0.25) is 0 Å². The van der Waals surface area contributed by atoms with E-state index in [9.17, 15) is 0 Å². The van der Waals surface area contributed by atoms with Gasteiger partial charge in [-0.25, -0.2) is 0 Å². The molecule has 2 heteroatoms. The van der Waals surface area contributed by atoms with E-state index >= 15 is 0 Å². The molecule has 0 aromatic rings. The largest absolute Gasteiger partial charge is 0.394 e. The summed E-state index contributed by atoms with van der Waals surface area (Å²) in [5.74, 6) is 0. The summed E-state index contributed by atoms with van der Waals surface area (Å²) < 4.78 is 0. The zero-order chi connectivity index (χ0) is 7.24. The predicted molar refractivity (Wildman–Crippen MR) is 39.5 cm³/mol. The maximum atomic E-state index is 8.87. The summed E-state index contributed by atoms with van der Waals surface area (Å²) in [5, 5.41) is 8.87. The van der Waals surface area contributed by atoms with Crippen molar-refractivity contribution in [1.82, 2.24) is 0 Å². The highest BCUT2D eigenvalue weighted by atomic mass is 16.3. The second-order valence-corrected chi connectivity index (χ2v) is 4.23. The molecule has 2 rings (SSSR count). The van der Waals surface area contributed by atoms with Crippen LogP contribution in [0.15, 0.2) is 0 Å². The SMILES string of the molecule is NC1(CO)CC2(CCC2)C1. The topological polar surface area (TPSA) is 46.2 Å². The Morgan fingerprint density at radius 1 is 1.30 bits per heavy atom. The summed E-state index contributed by atoms with van der Waals surface area (Å²) in [4.78, 5) is 0. The quantitative estimate of drug-likeness (QED) is 0.563. The second-order valence-electron chi connectivity index (χ2n) is 4.23. The molecule has 0 aliphatic heterocycles. The van der Waals surface area contributed by atoms with Crippen LogP contribution in [0.5, 0.6) is 0 Å². The predicted octanol–water partition coefficient (Wildman–Crippen LogP) is 0.640. The molecule has 0 heterocycles. The fourth-order valence-corrected chi connectivity index (χ4v) is 2.58. The van der Waals surface area contributed by atoms with Gasteiger partial charge in [-0.2, -0.15) is 0 Å². The lowest BCUT2D eigenvalue weighted by Crippen LogP contribution is -2.62. The number of aliphatic hydroxyl groups excluding tert-OH is 1. The Kier molecular flexibility index (Phi) is 1.15. The van der Waals surface area contributed by atoms with Crippen LogP contribution in [-0.4, -0.2) is 17.3 Å². The van der Waals surface area contributed by atoms with Gasteiger partial charge < -0.3 is 10.8 Å². The molecule has 3 N–H and O–H groups in total. The van der Waals surface area contributed by atoms with E-state index in [2.05, 4.69) is 0 Å². The van der Waals surface area contributed by atoms with E-state index in [0.29, 0.717) is 5.41 Å². The van der Waals surface area contributed by atoms with Gasteiger partial charge in [-0.15, -0.1) is 0 Å². The van der Waals surface area contributed by atoms with E-state index in [4.69, 9.17) is 10.8 Å². The van der Waals surface area contributed by atoms with Crippen molar-refractivity contribution in [3.8, 4) is 0 Å². The van der Waals surface area contributed by atoms with Gasteiger partial charge in [0, 0.05) is 5.54 Å². The van der Waals surface area contributed by atoms with E-state index in [-0.39, 0.29) is 12.1 Å². The molecule has 58 valence electrons. The highest BCUT2D eigenvalue weighted by Gasteiger charge is 2.54. The van der Waals surface area contributed by atoms with E-state index in [0.717, 1.165) is 12.8 Å². The lowest BCUT2D eigenvalue weighted by atomic mass is 9.49. The first-order valence-electron chi connectivity index (χ1n) is 4.08. The molecule has 2 nitrogen and oxygen atoms in total. The Morgan fingerprint density at radius 2 is 1.90 bits per heavy atom.